The second kappa shape index (κ2) is 9.02. The van der Waals surface area contributed by atoms with Gasteiger partial charge in [-0.05, 0) is 43.2 Å². The van der Waals surface area contributed by atoms with Gasteiger partial charge in [0.2, 0.25) is 5.95 Å². The Hall–Kier alpha value is -4.13. The Kier molecular flexibility index (Phi) is 5.76. The number of carbonyl (C=O) groups excluding carboxylic acids is 1. The molecule has 0 radical (unpaired) electrons. The summed E-state index contributed by atoms with van der Waals surface area (Å²) in [5.74, 6) is 1.75. The Morgan fingerprint density at radius 1 is 0.941 bits per heavy atom. The van der Waals surface area contributed by atoms with E-state index >= 15 is 0 Å². The van der Waals surface area contributed by atoms with Crippen LogP contribution in [0.15, 0.2) is 79.1 Å². The van der Waals surface area contributed by atoms with Crippen LogP contribution in [-0.4, -0.2) is 34.9 Å². The number of anilines is 1. The molecule has 0 N–H and O–H groups in total. The SMILES string of the molecule is COc1cccc(C(=O)N2c3ncnn3[C@@H](c3ccccc3OC)C[C@@H]2c2ccc(C)cc2)c1. The van der Waals surface area contributed by atoms with E-state index in [-0.39, 0.29) is 18.0 Å². The first kappa shape index (κ1) is 21.7. The van der Waals surface area contributed by atoms with Crippen molar-refractivity contribution in [3.8, 4) is 11.5 Å². The van der Waals surface area contributed by atoms with Crippen molar-refractivity contribution in [2.24, 2.45) is 0 Å². The highest BCUT2D eigenvalue weighted by Crippen LogP contribution is 2.44. The maximum atomic E-state index is 13.9. The van der Waals surface area contributed by atoms with E-state index in [0.29, 0.717) is 23.7 Å². The van der Waals surface area contributed by atoms with Gasteiger partial charge in [0, 0.05) is 11.1 Å². The molecule has 0 saturated carbocycles. The summed E-state index contributed by atoms with van der Waals surface area (Å²) >= 11 is 0. The van der Waals surface area contributed by atoms with E-state index in [1.54, 1.807) is 31.3 Å². The van der Waals surface area contributed by atoms with Crippen LogP contribution in [0, 0.1) is 6.92 Å². The molecule has 0 spiro atoms. The van der Waals surface area contributed by atoms with Gasteiger partial charge in [-0.2, -0.15) is 10.1 Å². The second-order valence-corrected chi connectivity index (χ2v) is 8.33. The van der Waals surface area contributed by atoms with Crippen LogP contribution >= 0.6 is 0 Å². The molecular formula is C27H26N4O3. The van der Waals surface area contributed by atoms with Gasteiger partial charge in [-0.3, -0.25) is 9.69 Å². The number of fused-ring (bicyclic) bond motifs is 1. The van der Waals surface area contributed by atoms with Crippen LogP contribution in [0.4, 0.5) is 5.95 Å². The summed E-state index contributed by atoms with van der Waals surface area (Å²) in [6, 6.07) is 23.0. The predicted octanol–water partition coefficient (Wildman–Crippen LogP) is 4.98. The molecule has 0 bridgehead atoms. The number of aromatic nitrogens is 3. The standard InChI is InChI=1S/C27H26N4O3/c1-18-11-13-19(14-12-18)23-16-24(22-9-4-5-10-25(22)34-3)31-27(28-17-29-31)30(23)26(32)20-7-6-8-21(15-20)33-2/h4-15,17,23-24H,16H2,1-3H3/t23-,24-/m1/s1. The predicted molar refractivity (Wildman–Crippen MR) is 129 cm³/mol. The molecule has 1 aromatic heterocycles. The summed E-state index contributed by atoms with van der Waals surface area (Å²) in [5.41, 5.74) is 3.73. The van der Waals surface area contributed by atoms with Crippen molar-refractivity contribution in [2.75, 3.05) is 19.1 Å². The molecule has 34 heavy (non-hydrogen) atoms. The number of hydrogen-bond donors (Lipinski definition) is 0. The van der Waals surface area contributed by atoms with Crippen LogP contribution in [0.1, 0.15) is 45.6 Å². The number of amides is 1. The summed E-state index contributed by atoms with van der Waals surface area (Å²) in [6.45, 7) is 2.05. The zero-order chi connectivity index (χ0) is 23.7. The Bertz CT molecular complexity index is 1320. The second-order valence-electron chi connectivity index (χ2n) is 8.33. The van der Waals surface area contributed by atoms with Crippen LogP contribution < -0.4 is 14.4 Å². The van der Waals surface area contributed by atoms with Crippen LogP contribution in [0.5, 0.6) is 11.5 Å². The van der Waals surface area contributed by atoms with Crippen LogP contribution in [0.3, 0.4) is 0 Å². The highest BCUT2D eigenvalue weighted by Gasteiger charge is 2.40. The molecule has 3 aromatic carbocycles. The number of aryl methyl sites for hydroxylation is 1. The molecule has 0 fully saturated rings. The van der Waals surface area contributed by atoms with Crippen molar-refractivity contribution in [3.63, 3.8) is 0 Å². The van der Waals surface area contributed by atoms with E-state index < -0.39 is 0 Å². The maximum absolute atomic E-state index is 13.9. The minimum Gasteiger partial charge on any atom is -0.497 e. The van der Waals surface area contributed by atoms with E-state index in [9.17, 15) is 4.79 Å². The third-order valence-electron chi connectivity index (χ3n) is 6.32. The fraction of sp³-hybridized carbons (Fsp3) is 0.222. The largest absolute Gasteiger partial charge is 0.497 e. The third kappa shape index (κ3) is 3.79. The Labute approximate surface area is 198 Å². The molecule has 2 atom stereocenters. The minimum absolute atomic E-state index is 0.144. The van der Waals surface area contributed by atoms with Crippen molar-refractivity contribution in [3.05, 3.63) is 101 Å². The Balaban J connectivity index is 1.66. The first-order valence-corrected chi connectivity index (χ1v) is 11.2. The zero-order valence-corrected chi connectivity index (χ0v) is 19.4. The lowest BCUT2D eigenvalue weighted by Gasteiger charge is -2.39. The Morgan fingerprint density at radius 2 is 1.74 bits per heavy atom. The van der Waals surface area contributed by atoms with Gasteiger partial charge in [-0.1, -0.05) is 54.1 Å². The number of methoxy groups -OCH3 is 2. The summed E-state index contributed by atoms with van der Waals surface area (Å²) in [6.07, 6.45) is 2.12. The molecule has 1 aliphatic rings. The fourth-order valence-corrected chi connectivity index (χ4v) is 4.59. The molecule has 7 nitrogen and oxygen atoms in total. The first-order valence-electron chi connectivity index (χ1n) is 11.2. The van der Waals surface area contributed by atoms with E-state index in [0.717, 1.165) is 22.4 Å². The molecule has 2 heterocycles. The van der Waals surface area contributed by atoms with Crippen molar-refractivity contribution < 1.29 is 14.3 Å². The number of benzene rings is 3. The smallest absolute Gasteiger partial charge is 0.261 e. The average Bonchev–Trinajstić information content (AvgIpc) is 3.38. The highest BCUT2D eigenvalue weighted by molar-refractivity contribution is 6.06. The quantitative estimate of drug-likeness (QED) is 0.425. The molecule has 0 aliphatic carbocycles. The van der Waals surface area contributed by atoms with E-state index in [4.69, 9.17) is 9.47 Å². The van der Waals surface area contributed by atoms with Gasteiger partial charge in [0.05, 0.1) is 26.3 Å². The summed E-state index contributed by atoms with van der Waals surface area (Å²) < 4.78 is 12.8. The number of nitrogens with zero attached hydrogens (tertiary/aromatic N) is 4. The van der Waals surface area contributed by atoms with Crippen molar-refractivity contribution in [1.29, 1.82) is 0 Å². The monoisotopic (exact) mass is 454 g/mol. The van der Waals surface area contributed by atoms with Gasteiger partial charge >= 0.3 is 0 Å². The van der Waals surface area contributed by atoms with Gasteiger partial charge in [0.25, 0.3) is 5.91 Å². The minimum atomic E-state index is -0.245. The normalized spacial score (nSPS) is 17.2. The van der Waals surface area contributed by atoms with E-state index in [1.165, 1.54) is 6.33 Å². The van der Waals surface area contributed by atoms with Crippen LogP contribution in [0.25, 0.3) is 0 Å². The summed E-state index contributed by atoms with van der Waals surface area (Å²) in [5, 5.41) is 4.52. The number of carbonyl (C=O) groups is 1. The van der Waals surface area contributed by atoms with Gasteiger partial charge in [-0.25, -0.2) is 4.68 Å². The summed E-state index contributed by atoms with van der Waals surface area (Å²) in [7, 11) is 3.26. The van der Waals surface area contributed by atoms with Crippen molar-refractivity contribution in [2.45, 2.75) is 25.4 Å². The van der Waals surface area contributed by atoms with Gasteiger partial charge in [0.15, 0.2) is 0 Å². The lowest BCUT2D eigenvalue weighted by atomic mass is 9.90. The van der Waals surface area contributed by atoms with E-state index in [2.05, 4.69) is 41.3 Å². The number of hydrogen-bond acceptors (Lipinski definition) is 5. The van der Waals surface area contributed by atoms with Crippen LogP contribution in [0.2, 0.25) is 0 Å². The van der Waals surface area contributed by atoms with Crippen molar-refractivity contribution in [1.82, 2.24) is 14.8 Å². The molecule has 5 rings (SSSR count). The van der Waals surface area contributed by atoms with Crippen LogP contribution in [-0.2, 0) is 0 Å². The van der Waals surface area contributed by atoms with Gasteiger partial charge in [-0.15, -0.1) is 0 Å². The number of ether oxygens (including phenoxy) is 2. The molecule has 0 saturated heterocycles. The topological polar surface area (TPSA) is 69.5 Å². The zero-order valence-electron chi connectivity index (χ0n) is 19.4. The number of rotatable bonds is 5. The molecule has 0 unspecified atom stereocenters. The molecule has 1 aliphatic heterocycles. The van der Waals surface area contributed by atoms with Gasteiger partial charge < -0.3 is 9.47 Å². The van der Waals surface area contributed by atoms with E-state index in [1.807, 2.05) is 41.1 Å². The molecular weight excluding hydrogens is 428 g/mol. The van der Waals surface area contributed by atoms with Gasteiger partial charge in [0.1, 0.15) is 17.8 Å². The molecule has 1 amide bonds. The maximum Gasteiger partial charge on any atom is 0.261 e. The first-order chi connectivity index (χ1) is 16.6. The molecule has 172 valence electrons. The highest BCUT2D eigenvalue weighted by atomic mass is 16.5. The van der Waals surface area contributed by atoms with Crippen molar-refractivity contribution >= 4 is 11.9 Å². The average molecular weight is 455 g/mol. The summed E-state index contributed by atoms with van der Waals surface area (Å²) in [4.78, 5) is 20.2. The number of para-hydroxylation sites is 1. The molecule has 4 aromatic rings. The third-order valence-corrected chi connectivity index (χ3v) is 6.32. The fourth-order valence-electron chi connectivity index (χ4n) is 4.59. The molecule has 7 heteroatoms. The Morgan fingerprint density at radius 3 is 2.50 bits per heavy atom. The lowest BCUT2D eigenvalue weighted by molar-refractivity contribution is 0.0962. The lowest BCUT2D eigenvalue weighted by Crippen LogP contribution is -2.42.